The van der Waals surface area contributed by atoms with E-state index in [1.165, 1.54) is 23.5 Å². The van der Waals surface area contributed by atoms with E-state index in [4.69, 9.17) is 0 Å². The van der Waals surface area contributed by atoms with Crippen molar-refractivity contribution in [3.8, 4) is 0 Å². The molecule has 0 unspecified atom stereocenters. The van der Waals surface area contributed by atoms with Crippen LogP contribution in [-0.2, 0) is 6.54 Å². The van der Waals surface area contributed by atoms with E-state index in [9.17, 15) is 10.1 Å². The maximum Gasteiger partial charge on any atom is 0.271 e. The highest BCUT2D eigenvalue weighted by Gasteiger charge is 2.09. The molecule has 1 heterocycles. The van der Waals surface area contributed by atoms with Crippen LogP contribution in [0.1, 0.15) is 30.8 Å². The SMILES string of the molecule is Cc1cc(C=NNc2cccc([N+](=O)[O-])c2)c(C)n1CC(C)C. The van der Waals surface area contributed by atoms with Crippen LogP contribution in [0, 0.1) is 29.9 Å². The van der Waals surface area contributed by atoms with Gasteiger partial charge < -0.3 is 4.57 Å². The minimum absolute atomic E-state index is 0.0420. The van der Waals surface area contributed by atoms with Gasteiger partial charge in [0.15, 0.2) is 0 Å². The van der Waals surface area contributed by atoms with Crippen molar-refractivity contribution < 1.29 is 4.92 Å². The van der Waals surface area contributed by atoms with Gasteiger partial charge in [-0.3, -0.25) is 15.5 Å². The number of hydrogen-bond donors (Lipinski definition) is 1. The first-order chi connectivity index (χ1) is 10.9. The van der Waals surface area contributed by atoms with Gasteiger partial charge in [0, 0.05) is 35.6 Å². The summed E-state index contributed by atoms with van der Waals surface area (Å²) in [4.78, 5) is 10.3. The van der Waals surface area contributed by atoms with Crippen molar-refractivity contribution in [1.29, 1.82) is 0 Å². The maximum absolute atomic E-state index is 10.8. The van der Waals surface area contributed by atoms with E-state index in [0.29, 0.717) is 11.6 Å². The highest BCUT2D eigenvalue weighted by Crippen LogP contribution is 2.18. The minimum Gasteiger partial charge on any atom is -0.348 e. The van der Waals surface area contributed by atoms with Crippen molar-refractivity contribution in [3.05, 3.63) is 57.4 Å². The summed E-state index contributed by atoms with van der Waals surface area (Å²) in [5.41, 5.74) is 6.88. The lowest BCUT2D eigenvalue weighted by Gasteiger charge is -2.11. The zero-order valence-electron chi connectivity index (χ0n) is 13.9. The molecule has 0 atom stereocenters. The molecule has 1 aromatic heterocycles. The molecule has 6 heteroatoms. The molecule has 0 amide bonds. The lowest BCUT2D eigenvalue weighted by Crippen LogP contribution is -2.08. The van der Waals surface area contributed by atoms with E-state index in [0.717, 1.165) is 12.1 Å². The number of hydrogen-bond acceptors (Lipinski definition) is 4. The summed E-state index contributed by atoms with van der Waals surface area (Å²) in [5, 5.41) is 15.0. The Kier molecular flexibility index (Phi) is 5.16. The Bertz CT molecular complexity index is 732. The van der Waals surface area contributed by atoms with Crippen molar-refractivity contribution in [2.24, 2.45) is 11.0 Å². The molecule has 23 heavy (non-hydrogen) atoms. The van der Waals surface area contributed by atoms with E-state index >= 15 is 0 Å². The Morgan fingerprint density at radius 1 is 1.35 bits per heavy atom. The number of rotatable bonds is 6. The predicted octanol–water partition coefficient (Wildman–Crippen LogP) is 4.12. The van der Waals surface area contributed by atoms with Crippen LogP contribution in [0.25, 0.3) is 0 Å². The normalized spacial score (nSPS) is 11.3. The lowest BCUT2D eigenvalue weighted by atomic mass is 10.2. The molecule has 0 saturated heterocycles. The van der Waals surface area contributed by atoms with Crippen molar-refractivity contribution in [3.63, 3.8) is 0 Å². The Hall–Kier alpha value is -2.63. The lowest BCUT2D eigenvalue weighted by molar-refractivity contribution is -0.384. The largest absolute Gasteiger partial charge is 0.348 e. The van der Waals surface area contributed by atoms with Gasteiger partial charge >= 0.3 is 0 Å². The van der Waals surface area contributed by atoms with Crippen LogP contribution in [0.3, 0.4) is 0 Å². The first-order valence-corrected chi connectivity index (χ1v) is 7.58. The molecule has 0 aliphatic rings. The molecule has 0 spiro atoms. The highest BCUT2D eigenvalue weighted by atomic mass is 16.6. The number of aromatic nitrogens is 1. The number of nitro groups is 1. The predicted molar refractivity (Wildman–Crippen MR) is 93.1 cm³/mol. The second-order valence-corrected chi connectivity index (χ2v) is 6.01. The van der Waals surface area contributed by atoms with Crippen LogP contribution in [-0.4, -0.2) is 15.7 Å². The fraction of sp³-hybridized carbons (Fsp3) is 0.353. The minimum atomic E-state index is -0.422. The Morgan fingerprint density at radius 3 is 2.74 bits per heavy atom. The zero-order valence-corrected chi connectivity index (χ0v) is 13.9. The Balaban J connectivity index is 2.12. The van der Waals surface area contributed by atoms with Crippen molar-refractivity contribution in [2.75, 3.05) is 5.43 Å². The van der Waals surface area contributed by atoms with Gasteiger partial charge in [0.05, 0.1) is 16.8 Å². The Labute approximate surface area is 136 Å². The van der Waals surface area contributed by atoms with Gasteiger partial charge in [-0.05, 0) is 31.9 Å². The average Bonchev–Trinajstić information content (AvgIpc) is 2.75. The Morgan fingerprint density at radius 2 is 2.09 bits per heavy atom. The molecular formula is C17H22N4O2. The highest BCUT2D eigenvalue weighted by molar-refractivity contribution is 5.82. The second-order valence-electron chi connectivity index (χ2n) is 6.01. The third-order valence-corrected chi connectivity index (χ3v) is 3.61. The molecule has 0 bridgehead atoms. The summed E-state index contributed by atoms with van der Waals surface area (Å²) >= 11 is 0. The van der Waals surface area contributed by atoms with Crippen LogP contribution in [0.15, 0.2) is 35.4 Å². The summed E-state index contributed by atoms with van der Waals surface area (Å²) in [6.07, 6.45) is 1.75. The summed E-state index contributed by atoms with van der Waals surface area (Å²) in [6, 6.07) is 8.38. The van der Waals surface area contributed by atoms with Gasteiger partial charge in [-0.25, -0.2) is 0 Å². The summed E-state index contributed by atoms with van der Waals surface area (Å²) < 4.78 is 2.28. The molecule has 0 fully saturated rings. The van der Waals surface area contributed by atoms with E-state index in [1.807, 2.05) is 0 Å². The monoisotopic (exact) mass is 314 g/mol. The molecule has 1 aromatic carbocycles. The van der Waals surface area contributed by atoms with Crippen molar-refractivity contribution >= 4 is 17.6 Å². The third kappa shape index (κ3) is 4.18. The molecule has 0 radical (unpaired) electrons. The molecule has 0 aliphatic carbocycles. The van der Waals surface area contributed by atoms with Crippen LogP contribution < -0.4 is 5.43 Å². The first-order valence-electron chi connectivity index (χ1n) is 7.58. The third-order valence-electron chi connectivity index (χ3n) is 3.61. The van der Waals surface area contributed by atoms with Crippen LogP contribution >= 0.6 is 0 Å². The van der Waals surface area contributed by atoms with Crippen LogP contribution in [0.5, 0.6) is 0 Å². The summed E-state index contributed by atoms with van der Waals surface area (Å²) in [6.45, 7) is 9.52. The standard InChI is InChI=1S/C17H22N4O2/c1-12(2)11-20-13(3)8-15(14(20)4)10-18-19-16-6-5-7-17(9-16)21(22)23/h5-10,12,19H,11H2,1-4H3. The average molecular weight is 314 g/mol. The second kappa shape index (κ2) is 7.09. The van der Waals surface area contributed by atoms with E-state index in [1.54, 1.807) is 18.3 Å². The molecule has 122 valence electrons. The number of benzene rings is 1. The quantitative estimate of drug-likeness (QED) is 0.495. The molecule has 0 saturated carbocycles. The zero-order chi connectivity index (χ0) is 17.0. The van der Waals surface area contributed by atoms with Crippen molar-refractivity contribution in [1.82, 2.24) is 4.57 Å². The molecular weight excluding hydrogens is 292 g/mol. The number of aryl methyl sites for hydroxylation is 1. The van der Waals surface area contributed by atoms with Gasteiger partial charge in [0.25, 0.3) is 5.69 Å². The van der Waals surface area contributed by atoms with Gasteiger partial charge in [-0.2, -0.15) is 5.10 Å². The van der Waals surface area contributed by atoms with Gasteiger partial charge in [-0.1, -0.05) is 19.9 Å². The van der Waals surface area contributed by atoms with E-state index in [2.05, 4.69) is 48.9 Å². The number of nitro benzene ring substituents is 1. The number of non-ortho nitro benzene ring substituents is 1. The molecule has 6 nitrogen and oxygen atoms in total. The van der Waals surface area contributed by atoms with Gasteiger partial charge in [0.1, 0.15) is 0 Å². The topological polar surface area (TPSA) is 72.5 Å². The summed E-state index contributed by atoms with van der Waals surface area (Å²) in [7, 11) is 0. The number of nitrogens with zero attached hydrogens (tertiary/aromatic N) is 3. The van der Waals surface area contributed by atoms with E-state index in [-0.39, 0.29) is 5.69 Å². The maximum atomic E-state index is 10.8. The van der Waals surface area contributed by atoms with Crippen LogP contribution in [0.4, 0.5) is 11.4 Å². The first kappa shape index (κ1) is 16.7. The fourth-order valence-electron chi connectivity index (χ4n) is 2.47. The molecule has 2 aromatic rings. The number of anilines is 1. The van der Waals surface area contributed by atoms with Crippen molar-refractivity contribution in [2.45, 2.75) is 34.2 Å². The van der Waals surface area contributed by atoms with Gasteiger partial charge in [0.2, 0.25) is 0 Å². The van der Waals surface area contributed by atoms with Crippen LogP contribution in [0.2, 0.25) is 0 Å². The number of hydrazone groups is 1. The van der Waals surface area contributed by atoms with Gasteiger partial charge in [-0.15, -0.1) is 0 Å². The molecule has 2 rings (SSSR count). The smallest absolute Gasteiger partial charge is 0.271 e. The molecule has 0 aliphatic heterocycles. The van der Waals surface area contributed by atoms with E-state index < -0.39 is 4.92 Å². The fourth-order valence-corrected chi connectivity index (χ4v) is 2.47. The molecule has 1 N–H and O–H groups in total. The summed E-state index contributed by atoms with van der Waals surface area (Å²) in [5.74, 6) is 0.576. The number of nitrogens with one attached hydrogen (secondary N) is 1.